The third kappa shape index (κ3) is 1.66. The lowest BCUT2D eigenvalue weighted by molar-refractivity contribution is 0.362. The van der Waals surface area contributed by atoms with Crippen molar-refractivity contribution in [3.8, 4) is 0 Å². The SMILES string of the molecule is [C-]#[N+][C@@H]1C2=C(C[C@H](Cl)[C@@]1(C)C=C)C(C)(C)c1cccc3[nH]cc2c13. The normalized spacial score (nSPS) is 30.8. The van der Waals surface area contributed by atoms with Crippen LogP contribution in [0, 0.1) is 12.0 Å². The maximum atomic E-state index is 7.90. The molecule has 1 aromatic heterocycles. The molecule has 0 bridgehead atoms. The van der Waals surface area contributed by atoms with E-state index in [9.17, 15) is 0 Å². The Morgan fingerprint density at radius 3 is 2.79 bits per heavy atom. The second-order valence-electron chi connectivity index (χ2n) is 7.72. The van der Waals surface area contributed by atoms with E-state index in [1.54, 1.807) is 0 Å². The van der Waals surface area contributed by atoms with Crippen molar-refractivity contribution in [3.63, 3.8) is 0 Å². The highest BCUT2D eigenvalue weighted by Gasteiger charge is 2.54. The first kappa shape index (κ1) is 15.5. The summed E-state index contributed by atoms with van der Waals surface area (Å²) >= 11 is 6.79. The lowest BCUT2D eigenvalue weighted by atomic mass is 9.59. The van der Waals surface area contributed by atoms with Gasteiger partial charge in [0.2, 0.25) is 0 Å². The first-order valence-corrected chi connectivity index (χ1v) is 8.78. The van der Waals surface area contributed by atoms with Crippen molar-refractivity contribution < 1.29 is 0 Å². The van der Waals surface area contributed by atoms with Gasteiger partial charge < -0.3 is 9.83 Å². The van der Waals surface area contributed by atoms with Crippen LogP contribution in [0.25, 0.3) is 21.3 Å². The summed E-state index contributed by atoms with van der Waals surface area (Å²) < 4.78 is 0. The average molecular weight is 337 g/mol. The van der Waals surface area contributed by atoms with Crippen molar-refractivity contribution in [1.29, 1.82) is 0 Å². The van der Waals surface area contributed by atoms with Crippen LogP contribution < -0.4 is 0 Å². The summed E-state index contributed by atoms with van der Waals surface area (Å²) in [5, 5.41) is 1.14. The molecule has 1 aromatic carbocycles. The molecular formula is C21H21ClN2. The molecule has 0 unspecified atom stereocenters. The largest absolute Gasteiger partial charge is 0.361 e. The minimum absolute atomic E-state index is 0.119. The molecule has 0 amide bonds. The number of aromatic nitrogens is 1. The monoisotopic (exact) mass is 336 g/mol. The highest BCUT2D eigenvalue weighted by Crippen LogP contribution is 2.57. The van der Waals surface area contributed by atoms with Gasteiger partial charge in [-0.05, 0) is 30.5 Å². The third-order valence-corrected chi connectivity index (χ3v) is 6.86. The van der Waals surface area contributed by atoms with Gasteiger partial charge in [0, 0.05) is 33.7 Å². The van der Waals surface area contributed by atoms with Crippen LogP contribution in [0.1, 0.15) is 38.3 Å². The molecule has 0 spiro atoms. The minimum atomic E-state index is -0.423. The molecule has 0 radical (unpaired) electrons. The van der Waals surface area contributed by atoms with Gasteiger partial charge in [0.05, 0.1) is 10.8 Å². The number of aromatic amines is 1. The summed E-state index contributed by atoms with van der Waals surface area (Å²) in [6.07, 6.45) is 4.74. The maximum Gasteiger partial charge on any atom is 0.259 e. The zero-order valence-corrected chi connectivity index (χ0v) is 15.0. The van der Waals surface area contributed by atoms with Crippen LogP contribution in [0.4, 0.5) is 0 Å². The Morgan fingerprint density at radius 2 is 2.12 bits per heavy atom. The number of nitrogens with zero attached hydrogens (tertiary/aromatic N) is 1. The van der Waals surface area contributed by atoms with E-state index in [1.165, 1.54) is 27.7 Å². The Hall–Kier alpha value is -1.98. The molecule has 2 aliphatic rings. The average Bonchev–Trinajstić information content (AvgIpc) is 2.99. The highest BCUT2D eigenvalue weighted by atomic mass is 35.5. The zero-order chi connectivity index (χ0) is 17.3. The Kier molecular flexibility index (Phi) is 3.09. The molecule has 2 aromatic rings. The molecule has 0 saturated heterocycles. The molecule has 0 aliphatic heterocycles. The van der Waals surface area contributed by atoms with E-state index < -0.39 is 5.41 Å². The molecule has 1 heterocycles. The summed E-state index contributed by atoms with van der Waals surface area (Å²) in [5.41, 5.74) is 5.56. The van der Waals surface area contributed by atoms with Gasteiger partial charge in [-0.2, -0.15) is 0 Å². The van der Waals surface area contributed by atoms with E-state index in [0.717, 1.165) is 11.9 Å². The number of hydrogen-bond acceptors (Lipinski definition) is 0. The van der Waals surface area contributed by atoms with Crippen molar-refractivity contribution in [2.24, 2.45) is 5.41 Å². The summed E-state index contributed by atoms with van der Waals surface area (Å²) in [6, 6.07) is 6.12. The van der Waals surface area contributed by atoms with Crippen LogP contribution in [0.5, 0.6) is 0 Å². The molecule has 2 aliphatic carbocycles. The number of halogens is 1. The van der Waals surface area contributed by atoms with Gasteiger partial charge in [-0.3, -0.25) is 0 Å². The second kappa shape index (κ2) is 4.77. The van der Waals surface area contributed by atoms with Crippen LogP contribution in [0.2, 0.25) is 0 Å². The fourth-order valence-corrected chi connectivity index (χ4v) is 4.94. The number of allylic oxidation sites excluding steroid dienone is 1. The van der Waals surface area contributed by atoms with Crippen LogP contribution in [-0.2, 0) is 5.41 Å². The first-order valence-electron chi connectivity index (χ1n) is 8.35. The number of H-pyrrole nitrogens is 1. The molecule has 3 heteroatoms. The van der Waals surface area contributed by atoms with E-state index in [2.05, 4.69) is 61.6 Å². The van der Waals surface area contributed by atoms with E-state index in [-0.39, 0.29) is 16.8 Å². The van der Waals surface area contributed by atoms with E-state index >= 15 is 0 Å². The standard InChI is InChI=1S/C21H21ClN2/c1-6-21(4)16(22)10-14-18(19(21)23-5)12-11-24-15-9-7-8-13(17(12)15)20(14,2)3/h6-9,11,16,19,24H,1,10H2,2-4H3/t16-,19+,21+/m0/s1. The van der Waals surface area contributed by atoms with Crippen LogP contribution in [-0.4, -0.2) is 16.4 Å². The molecule has 0 fully saturated rings. The van der Waals surface area contributed by atoms with Gasteiger partial charge in [0.15, 0.2) is 0 Å². The number of rotatable bonds is 1. The van der Waals surface area contributed by atoms with Crippen molar-refractivity contribution in [2.45, 2.75) is 44.0 Å². The van der Waals surface area contributed by atoms with Crippen molar-refractivity contribution in [2.75, 3.05) is 0 Å². The highest BCUT2D eigenvalue weighted by molar-refractivity contribution is 6.22. The van der Waals surface area contributed by atoms with Crippen LogP contribution in [0.3, 0.4) is 0 Å². The molecule has 4 rings (SSSR count). The summed E-state index contributed by atoms with van der Waals surface area (Å²) in [7, 11) is 0. The minimum Gasteiger partial charge on any atom is -0.361 e. The molecule has 0 saturated carbocycles. The molecule has 3 atom stereocenters. The van der Waals surface area contributed by atoms with Gasteiger partial charge in [-0.1, -0.05) is 32.1 Å². The molecule has 24 heavy (non-hydrogen) atoms. The molecule has 2 nitrogen and oxygen atoms in total. The smallest absolute Gasteiger partial charge is 0.259 e. The number of fused-ring (bicyclic) bond motifs is 1. The Bertz CT molecular complexity index is 940. The van der Waals surface area contributed by atoms with Crippen LogP contribution in [0.15, 0.2) is 42.6 Å². The van der Waals surface area contributed by atoms with Gasteiger partial charge in [0.1, 0.15) is 0 Å². The predicted molar refractivity (Wildman–Crippen MR) is 101 cm³/mol. The number of hydrogen-bond donors (Lipinski definition) is 1. The quantitative estimate of drug-likeness (QED) is 0.391. The zero-order valence-electron chi connectivity index (χ0n) is 14.3. The second-order valence-corrected chi connectivity index (χ2v) is 8.25. The Morgan fingerprint density at radius 1 is 1.38 bits per heavy atom. The fourth-order valence-electron chi connectivity index (χ4n) is 4.58. The van der Waals surface area contributed by atoms with E-state index in [1.807, 2.05) is 6.08 Å². The topological polar surface area (TPSA) is 20.1 Å². The number of benzene rings is 1. The summed E-state index contributed by atoms with van der Waals surface area (Å²) in [4.78, 5) is 7.43. The van der Waals surface area contributed by atoms with Gasteiger partial charge in [0.25, 0.3) is 6.04 Å². The number of alkyl halides is 1. The van der Waals surface area contributed by atoms with Gasteiger partial charge in [-0.15, -0.1) is 18.2 Å². The fraction of sp³-hybridized carbons (Fsp3) is 0.381. The predicted octanol–water partition coefficient (Wildman–Crippen LogP) is 5.70. The van der Waals surface area contributed by atoms with Crippen molar-refractivity contribution in [1.82, 2.24) is 4.98 Å². The maximum absolute atomic E-state index is 7.90. The van der Waals surface area contributed by atoms with Gasteiger partial charge >= 0.3 is 0 Å². The van der Waals surface area contributed by atoms with E-state index in [4.69, 9.17) is 18.2 Å². The lowest BCUT2D eigenvalue weighted by Crippen LogP contribution is -2.45. The lowest BCUT2D eigenvalue weighted by Gasteiger charge is -2.45. The third-order valence-electron chi connectivity index (χ3n) is 6.24. The number of nitrogens with one attached hydrogen (secondary N) is 1. The Labute approximate surface area is 148 Å². The molecular weight excluding hydrogens is 316 g/mol. The summed E-state index contributed by atoms with van der Waals surface area (Å²) in [5.74, 6) is 0. The van der Waals surface area contributed by atoms with Crippen molar-refractivity contribution >= 4 is 28.1 Å². The van der Waals surface area contributed by atoms with Gasteiger partial charge in [-0.25, -0.2) is 6.57 Å². The Balaban J connectivity index is 2.12. The summed E-state index contributed by atoms with van der Waals surface area (Å²) in [6.45, 7) is 18.5. The molecule has 1 N–H and O–H groups in total. The van der Waals surface area contributed by atoms with Crippen molar-refractivity contribution in [3.05, 3.63) is 65.2 Å². The molecule has 122 valence electrons. The van der Waals surface area contributed by atoms with E-state index in [0.29, 0.717) is 0 Å². The van der Waals surface area contributed by atoms with Crippen LogP contribution >= 0.6 is 11.6 Å². The first-order chi connectivity index (χ1) is 11.4.